The summed E-state index contributed by atoms with van der Waals surface area (Å²) in [6.07, 6.45) is 0. The van der Waals surface area contributed by atoms with Crippen LogP contribution in [-0.2, 0) is 5.41 Å². The second kappa shape index (κ2) is 11.8. The summed E-state index contributed by atoms with van der Waals surface area (Å²) in [6.45, 7) is 0. The van der Waals surface area contributed by atoms with Gasteiger partial charge in [0.05, 0.1) is 16.4 Å². The van der Waals surface area contributed by atoms with Gasteiger partial charge in [0.1, 0.15) is 0 Å². The summed E-state index contributed by atoms with van der Waals surface area (Å²) >= 11 is 0. The molecular weight excluding hydrogens is 617 g/mol. The van der Waals surface area contributed by atoms with Gasteiger partial charge in [0.25, 0.3) is 0 Å². The maximum absolute atomic E-state index is 3.50. The highest BCUT2D eigenvalue weighted by atomic mass is 15.0. The van der Waals surface area contributed by atoms with Crippen LogP contribution in [0.2, 0.25) is 0 Å². The molecule has 10 rings (SSSR count). The lowest BCUT2D eigenvalue weighted by Crippen LogP contribution is -2.28. The van der Waals surface area contributed by atoms with E-state index in [0.717, 1.165) is 17.1 Å². The highest BCUT2D eigenvalue weighted by molar-refractivity contribution is 6.10. The Morgan fingerprint density at radius 3 is 1.69 bits per heavy atom. The van der Waals surface area contributed by atoms with Crippen LogP contribution in [-0.4, -0.2) is 4.57 Å². The molecule has 8 aromatic carbocycles. The molecule has 0 amide bonds. The van der Waals surface area contributed by atoms with E-state index in [1.165, 1.54) is 66.3 Å². The first-order valence-corrected chi connectivity index (χ1v) is 17.6. The van der Waals surface area contributed by atoms with Crippen LogP contribution in [0, 0.1) is 0 Å². The zero-order valence-corrected chi connectivity index (χ0v) is 28.0. The minimum atomic E-state index is -0.447. The number of fused-ring (bicyclic) bond motifs is 6. The molecule has 1 aliphatic carbocycles. The van der Waals surface area contributed by atoms with Gasteiger partial charge in [-0.15, -0.1) is 0 Å². The normalized spacial score (nSPS) is 12.9. The molecule has 0 fully saturated rings. The van der Waals surface area contributed by atoms with Crippen LogP contribution in [0.25, 0.3) is 49.7 Å². The molecule has 0 atom stereocenters. The van der Waals surface area contributed by atoms with E-state index < -0.39 is 5.41 Å². The minimum Gasteiger partial charge on any atom is -0.356 e. The van der Waals surface area contributed by atoms with Crippen molar-refractivity contribution in [2.75, 3.05) is 5.32 Å². The fourth-order valence-electron chi connectivity index (χ4n) is 8.44. The second-order valence-corrected chi connectivity index (χ2v) is 13.4. The lowest BCUT2D eigenvalue weighted by molar-refractivity contribution is 0.767. The highest BCUT2D eigenvalue weighted by Crippen LogP contribution is 2.56. The van der Waals surface area contributed by atoms with E-state index in [1.807, 2.05) is 18.2 Å². The van der Waals surface area contributed by atoms with Crippen molar-refractivity contribution in [3.63, 3.8) is 0 Å². The van der Waals surface area contributed by atoms with Crippen LogP contribution in [0.1, 0.15) is 22.3 Å². The third-order valence-electron chi connectivity index (χ3n) is 10.7. The summed E-state index contributed by atoms with van der Waals surface area (Å²) in [5.74, 6) is 0. The van der Waals surface area contributed by atoms with Crippen molar-refractivity contribution in [3.05, 3.63) is 222 Å². The van der Waals surface area contributed by atoms with Crippen LogP contribution in [0.15, 0.2) is 200 Å². The molecule has 2 heteroatoms. The number of para-hydroxylation sites is 2. The molecule has 0 unspecified atom stereocenters. The van der Waals surface area contributed by atoms with E-state index >= 15 is 0 Å². The fourth-order valence-corrected chi connectivity index (χ4v) is 8.44. The molecule has 0 radical (unpaired) electrons. The van der Waals surface area contributed by atoms with Gasteiger partial charge in [0, 0.05) is 27.8 Å². The van der Waals surface area contributed by atoms with Crippen LogP contribution in [0.5, 0.6) is 0 Å². The lowest BCUT2D eigenvalue weighted by atomic mass is 9.67. The average molecular weight is 651 g/mol. The van der Waals surface area contributed by atoms with Crippen molar-refractivity contribution in [2.45, 2.75) is 5.41 Å². The molecule has 1 aliphatic rings. The number of anilines is 2. The standard InChI is InChI=1S/C49H34N2/c1-4-14-36(15-5-1)49(37-16-6-2-7-17-37)45-22-12-10-20-41(45)42-30-29-40(33-46(42)49)51-47-23-13-11-21-43(47)44-32-35(26-31-48(44)51)34-24-27-39(28-25-34)50-38-18-8-3-9-19-38/h1-33,50H. The first-order valence-electron chi connectivity index (χ1n) is 17.6. The van der Waals surface area contributed by atoms with Crippen LogP contribution in [0.3, 0.4) is 0 Å². The van der Waals surface area contributed by atoms with Gasteiger partial charge in [-0.25, -0.2) is 0 Å². The predicted octanol–water partition coefficient (Wildman–Crippen LogP) is 12.6. The third kappa shape index (κ3) is 4.57. The maximum Gasteiger partial charge on any atom is 0.0714 e. The number of nitrogens with zero attached hydrogens (tertiary/aromatic N) is 1. The Morgan fingerprint density at radius 1 is 0.373 bits per heavy atom. The minimum absolute atomic E-state index is 0.447. The summed E-state index contributed by atoms with van der Waals surface area (Å²) in [6, 6.07) is 72.9. The van der Waals surface area contributed by atoms with Gasteiger partial charge in [-0.3, -0.25) is 0 Å². The molecule has 1 heterocycles. The van der Waals surface area contributed by atoms with Gasteiger partial charge in [0.15, 0.2) is 0 Å². The summed E-state index contributed by atoms with van der Waals surface area (Å²) < 4.78 is 2.45. The lowest BCUT2D eigenvalue weighted by Gasteiger charge is -2.34. The molecule has 1 N–H and O–H groups in total. The fraction of sp³-hybridized carbons (Fsp3) is 0.0204. The number of hydrogen-bond acceptors (Lipinski definition) is 1. The molecule has 2 nitrogen and oxygen atoms in total. The van der Waals surface area contributed by atoms with E-state index in [4.69, 9.17) is 0 Å². The molecule has 0 saturated carbocycles. The van der Waals surface area contributed by atoms with Gasteiger partial charge in [0.2, 0.25) is 0 Å². The molecule has 0 bridgehead atoms. The molecule has 9 aromatic rings. The van der Waals surface area contributed by atoms with E-state index in [-0.39, 0.29) is 0 Å². The Morgan fingerprint density at radius 2 is 0.941 bits per heavy atom. The zero-order valence-electron chi connectivity index (χ0n) is 28.0. The highest BCUT2D eigenvalue weighted by Gasteiger charge is 2.46. The zero-order chi connectivity index (χ0) is 33.8. The van der Waals surface area contributed by atoms with Gasteiger partial charge >= 0.3 is 0 Å². The second-order valence-electron chi connectivity index (χ2n) is 13.4. The average Bonchev–Trinajstić information content (AvgIpc) is 3.69. The van der Waals surface area contributed by atoms with E-state index in [2.05, 4.69) is 192 Å². The van der Waals surface area contributed by atoms with E-state index in [9.17, 15) is 0 Å². The summed E-state index contributed by atoms with van der Waals surface area (Å²) in [7, 11) is 0. The predicted molar refractivity (Wildman–Crippen MR) is 213 cm³/mol. The van der Waals surface area contributed by atoms with Gasteiger partial charge in [-0.05, 0) is 99.1 Å². The van der Waals surface area contributed by atoms with E-state index in [1.54, 1.807) is 0 Å². The molecule has 1 aromatic heterocycles. The summed E-state index contributed by atoms with van der Waals surface area (Å²) in [4.78, 5) is 0. The van der Waals surface area contributed by atoms with E-state index in [0.29, 0.717) is 0 Å². The number of nitrogens with one attached hydrogen (secondary N) is 1. The number of benzene rings is 8. The molecule has 0 saturated heterocycles. The third-order valence-corrected chi connectivity index (χ3v) is 10.7. The SMILES string of the molecule is c1ccc(Nc2ccc(-c3ccc4c(c3)c3ccccc3n4-c3ccc4c(c3)C(c3ccccc3)(c3ccccc3)c3ccccc3-4)cc2)cc1. The van der Waals surface area contributed by atoms with Crippen LogP contribution in [0.4, 0.5) is 11.4 Å². The van der Waals surface area contributed by atoms with Crippen molar-refractivity contribution >= 4 is 33.2 Å². The van der Waals surface area contributed by atoms with Crippen molar-refractivity contribution < 1.29 is 0 Å². The Labute approximate surface area is 297 Å². The number of aromatic nitrogens is 1. The molecule has 240 valence electrons. The van der Waals surface area contributed by atoms with Crippen LogP contribution >= 0.6 is 0 Å². The Balaban J connectivity index is 1.15. The number of hydrogen-bond donors (Lipinski definition) is 1. The molecular formula is C49H34N2. The van der Waals surface area contributed by atoms with Crippen molar-refractivity contribution in [1.82, 2.24) is 4.57 Å². The van der Waals surface area contributed by atoms with Crippen molar-refractivity contribution in [2.24, 2.45) is 0 Å². The first-order chi connectivity index (χ1) is 25.3. The largest absolute Gasteiger partial charge is 0.356 e. The van der Waals surface area contributed by atoms with Gasteiger partial charge in [-0.1, -0.05) is 146 Å². The Kier molecular flexibility index (Phi) is 6.75. The van der Waals surface area contributed by atoms with Crippen molar-refractivity contribution in [3.8, 4) is 27.9 Å². The topological polar surface area (TPSA) is 17.0 Å². The summed E-state index contributed by atoms with van der Waals surface area (Å²) in [5, 5.41) is 6.00. The molecule has 0 spiro atoms. The van der Waals surface area contributed by atoms with Gasteiger partial charge in [-0.2, -0.15) is 0 Å². The quantitative estimate of drug-likeness (QED) is 0.189. The smallest absolute Gasteiger partial charge is 0.0714 e. The van der Waals surface area contributed by atoms with Crippen LogP contribution < -0.4 is 5.32 Å². The first kappa shape index (κ1) is 29.3. The maximum atomic E-state index is 3.50. The molecule has 51 heavy (non-hydrogen) atoms. The Hall–Kier alpha value is -6.64. The monoisotopic (exact) mass is 650 g/mol. The number of rotatable bonds is 6. The Bertz CT molecular complexity index is 2650. The van der Waals surface area contributed by atoms with Crippen molar-refractivity contribution in [1.29, 1.82) is 0 Å². The van der Waals surface area contributed by atoms with Gasteiger partial charge < -0.3 is 9.88 Å². The summed E-state index contributed by atoms with van der Waals surface area (Å²) in [5.41, 5.74) is 15.4. The molecule has 0 aliphatic heterocycles.